The second kappa shape index (κ2) is 3.90. The first-order valence-corrected chi connectivity index (χ1v) is 6.65. The SMILES string of the molecule is CS(=O)(=O)OCc1ccnc(C2CC2)c1. The lowest BCUT2D eigenvalue weighted by Gasteiger charge is -2.03. The van der Waals surface area contributed by atoms with Crippen molar-refractivity contribution in [2.45, 2.75) is 25.4 Å². The molecule has 2 rings (SSSR count). The van der Waals surface area contributed by atoms with Crippen molar-refractivity contribution in [3.8, 4) is 0 Å². The molecule has 1 aromatic heterocycles. The maximum Gasteiger partial charge on any atom is 0.264 e. The second-order valence-electron chi connectivity index (χ2n) is 3.83. The van der Waals surface area contributed by atoms with Crippen molar-refractivity contribution in [1.29, 1.82) is 0 Å². The van der Waals surface area contributed by atoms with Gasteiger partial charge in [0.1, 0.15) is 0 Å². The predicted molar refractivity (Wildman–Crippen MR) is 55.8 cm³/mol. The van der Waals surface area contributed by atoms with E-state index in [0.717, 1.165) is 17.5 Å². The molecule has 0 unspecified atom stereocenters. The molecule has 1 aliphatic carbocycles. The topological polar surface area (TPSA) is 56.3 Å². The number of hydrogen-bond donors (Lipinski definition) is 0. The van der Waals surface area contributed by atoms with Crippen molar-refractivity contribution >= 4 is 10.1 Å². The van der Waals surface area contributed by atoms with Crippen LogP contribution in [0.5, 0.6) is 0 Å². The van der Waals surface area contributed by atoms with E-state index < -0.39 is 10.1 Å². The first kappa shape index (κ1) is 10.6. The molecule has 1 aromatic rings. The molecule has 1 aliphatic rings. The standard InChI is InChI=1S/C10H13NO3S/c1-15(12,13)14-7-8-4-5-11-10(6-8)9-2-3-9/h4-6,9H,2-3,7H2,1H3. The van der Waals surface area contributed by atoms with Gasteiger partial charge in [-0.05, 0) is 30.5 Å². The Balaban J connectivity index is 2.05. The van der Waals surface area contributed by atoms with E-state index in [1.807, 2.05) is 6.07 Å². The summed E-state index contributed by atoms with van der Waals surface area (Å²) >= 11 is 0. The third kappa shape index (κ3) is 3.28. The van der Waals surface area contributed by atoms with Crippen LogP contribution in [0.25, 0.3) is 0 Å². The van der Waals surface area contributed by atoms with E-state index in [2.05, 4.69) is 4.98 Å². The van der Waals surface area contributed by atoms with Crippen LogP contribution in [-0.4, -0.2) is 19.7 Å². The Morgan fingerprint density at radius 3 is 2.87 bits per heavy atom. The van der Waals surface area contributed by atoms with E-state index in [0.29, 0.717) is 5.92 Å². The molecule has 82 valence electrons. The summed E-state index contributed by atoms with van der Waals surface area (Å²) in [6.45, 7) is 0.0983. The van der Waals surface area contributed by atoms with Gasteiger partial charge in [0.25, 0.3) is 10.1 Å². The minimum absolute atomic E-state index is 0.0983. The largest absolute Gasteiger partial charge is 0.265 e. The fraction of sp³-hybridized carbons (Fsp3) is 0.500. The van der Waals surface area contributed by atoms with Gasteiger partial charge in [0.2, 0.25) is 0 Å². The molecular weight excluding hydrogens is 214 g/mol. The van der Waals surface area contributed by atoms with E-state index in [4.69, 9.17) is 4.18 Å². The third-order valence-electron chi connectivity index (χ3n) is 2.28. The molecule has 1 fully saturated rings. The molecule has 4 nitrogen and oxygen atoms in total. The molecule has 0 saturated heterocycles. The van der Waals surface area contributed by atoms with Gasteiger partial charge in [-0.3, -0.25) is 9.17 Å². The van der Waals surface area contributed by atoms with Crippen LogP contribution in [0.1, 0.15) is 30.0 Å². The number of hydrogen-bond acceptors (Lipinski definition) is 4. The van der Waals surface area contributed by atoms with E-state index in [1.165, 1.54) is 12.8 Å². The van der Waals surface area contributed by atoms with Gasteiger partial charge >= 0.3 is 0 Å². The summed E-state index contributed by atoms with van der Waals surface area (Å²) in [4.78, 5) is 4.24. The number of pyridine rings is 1. The molecule has 0 aromatic carbocycles. The number of aromatic nitrogens is 1. The van der Waals surface area contributed by atoms with Crippen LogP contribution < -0.4 is 0 Å². The highest BCUT2D eigenvalue weighted by atomic mass is 32.2. The average molecular weight is 227 g/mol. The molecular formula is C10H13NO3S. The van der Waals surface area contributed by atoms with Gasteiger partial charge in [0.05, 0.1) is 12.9 Å². The Morgan fingerprint density at radius 1 is 1.53 bits per heavy atom. The molecule has 0 amide bonds. The van der Waals surface area contributed by atoms with Gasteiger partial charge in [-0.1, -0.05) is 0 Å². The second-order valence-corrected chi connectivity index (χ2v) is 5.47. The Hall–Kier alpha value is -0.940. The zero-order valence-corrected chi connectivity index (χ0v) is 9.33. The smallest absolute Gasteiger partial charge is 0.264 e. The predicted octanol–water partition coefficient (Wildman–Crippen LogP) is 1.44. The van der Waals surface area contributed by atoms with Crippen molar-refractivity contribution < 1.29 is 12.6 Å². The molecule has 0 N–H and O–H groups in total. The van der Waals surface area contributed by atoms with Crippen molar-refractivity contribution in [1.82, 2.24) is 4.98 Å². The lowest BCUT2D eigenvalue weighted by Crippen LogP contribution is -2.03. The Bertz CT molecular complexity index is 451. The fourth-order valence-electron chi connectivity index (χ4n) is 1.36. The van der Waals surface area contributed by atoms with Crippen molar-refractivity contribution in [2.75, 3.05) is 6.26 Å². The average Bonchev–Trinajstić information content (AvgIpc) is 2.97. The van der Waals surface area contributed by atoms with E-state index >= 15 is 0 Å². The Labute approximate surface area is 89.4 Å². The quantitative estimate of drug-likeness (QED) is 0.730. The molecule has 0 atom stereocenters. The van der Waals surface area contributed by atoms with Gasteiger partial charge in [0.15, 0.2) is 0 Å². The zero-order valence-electron chi connectivity index (χ0n) is 8.51. The summed E-state index contributed by atoms with van der Waals surface area (Å²) in [7, 11) is -3.36. The molecule has 0 bridgehead atoms. The normalized spacial score (nSPS) is 16.6. The van der Waals surface area contributed by atoms with Crippen LogP contribution in [0, 0.1) is 0 Å². The van der Waals surface area contributed by atoms with Gasteiger partial charge in [-0.25, -0.2) is 0 Å². The van der Waals surface area contributed by atoms with Gasteiger partial charge in [-0.2, -0.15) is 8.42 Å². The van der Waals surface area contributed by atoms with Crippen LogP contribution in [0.15, 0.2) is 18.3 Å². The highest BCUT2D eigenvalue weighted by molar-refractivity contribution is 7.85. The molecule has 5 heteroatoms. The molecule has 0 spiro atoms. The van der Waals surface area contributed by atoms with Crippen LogP contribution in [0.3, 0.4) is 0 Å². The van der Waals surface area contributed by atoms with Crippen molar-refractivity contribution in [2.24, 2.45) is 0 Å². The first-order valence-electron chi connectivity index (χ1n) is 4.84. The summed E-state index contributed by atoms with van der Waals surface area (Å²) in [6, 6.07) is 3.69. The third-order valence-corrected chi connectivity index (χ3v) is 2.83. The Kier molecular flexibility index (Phi) is 2.75. The summed E-state index contributed by atoms with van der Waals surface area (Å²) in [5.74, 6) is 0.572. The van der Waals surface area contributed by atoms with Gasteiger partial charge < -0.3 is 0 Å². The maximum atomic E-state index is 10.8. The summed E-state index contributed by atoms with van der Waals surface area (Å²) in [6.07, 6.45) is 5.12. The molecule has 0 radical (unpaired) electrons. The minimum Gasteiger partial charge on any atom is -0.265 e. The highest BCUT2D eigenvalue weighted by Gasteiger charge is 2.24. The number of rotatable bonds is 4. The Morgan fingerprint density at radius 2 is 2.27 bits per heavy atom. The van der Waals surface area contributed by atoms with Crippen LogP contribution in [0.4, 0.5) is 0 Å². The summed E-state index contributed by atoms with van der Waals surface area (Å²) < 4.78 is 26.3. The van der Waals surface area contributed by atoms with Crippen molar-refractivity contribution in [3.63, 3.8) is 0 Å². The van der Waals surface area contributed by atoms with Crippen LogP contribution in [0.2, 0.25) is 0 Å². The zero-order chi connectivity index (χ0) is 10.9. The molecule has 15 heavy (non-hydrogen) atoms. The van der Waals surface area contributed by atoms with E-state index in [1.54, 1.807) is 12.3 Å². The fourth-order valence-corrected chi connectivity index (χ4v) is 1.71. The lowest BCUT2D eigenvalue weighted by atomic mass is 10.2. The summed E-state index contributed by atoms with van der Waals surface area (Å²) in [5, 5.41) is 0. The molecule has 0 aliphatic heterocycles. The van der Waals surface area contributed by atoms with Gasteiger partial charge in [0, 0.05) is 17.8 Å². The van der Waals surface area contributed by atoms with Crippen LogP contribution in [-0.2, 0) is 20.9 Å². The van der Waals surface area contributed by atoms with Gasteiger partial charge in [-0.15, -0.1) is 0 Å². The molecule has 1 saturated carbocycles. The first-order chi connectivity index (χ1) is 7.04. The van der Waals surface area contributed by atoms with E-state index in [9.17, 15) is 8.42 Å². The maximum absolute atomic E-state index is 10.8. The minimum atomic E-state index is -3.36. The van der Waals surface area contributed by atoms with Crippen molar-refractivity contribution in [3.05, 3.63) is 29.6 Å². The lowest BCUT2D eigenvalue weighted by molar-refractivity contribution is 0.311. The number of nitrogens with zero attached hydrogens (tertiary/aromatic N) is 1. The van der Waals surface area contributed by atoms with Crippen LogP contribution >= 0.6 is 0 Å². The molecule has 1 heterocycles. The highest BCUT2D eigenvalue weighted by Crippen LogP contribution is 2.38. The van der Waals surface area contributed by atoms with E-state index in [-0.39, 0.29) is 6.61 Å². The summed E-state index contributed by atoms with van der Waals surface area (Å²) in [5.41, 5.74) is 1.90. The monoisotopic (exact) mass is 227 g/mol.